The zero-order valence-electron chi connectivity index (χ0n) is 6.16. The number of aliphatic hydroxyl groups excluding tert-OH is 1. The summed E-state index contributed by atoms with van der Waals surface area (Å²) in [4.78, 5) is 10.4. The third-order valence-electron chi connectivity index (χ3n) is 1.15. The van der Waals surface area contributed by atoms with Gasteiger partial charge in [-0.1, -0.05) is 0 Å². The normalized spacial score (nSPS) is 16.3. The van der Waals surface area contributed by atoms with Crippen molar-refractivity contribution in [2.24, 2.45) is 0 Å². The van der Waals surface area contributed by atoms with Gasteiger partial charge in [-0.3, -0.25) is 9.00 Å². The van der Waals surface area contributed by atoms with E-state index in [1.165, 1.54) is 6.92 Å². The van der Waals surface area contributed by atoms with Crippen molar-refractivity contribution in [2.45, 2.75) is 19.4 Å². The van der Waals surface area contributed by atoms with E-state index in [2.05, 4.69) is 0 Å². The Morgan fingerprint density at radius 3 is 2.50 bits per heavy atom. The van der Waals surface area contributed by atoms with Crippen LogP contribution in [-0.4, -0.2) is 33.2 Å². The van der Waals surface area contributed by atoms with Crippen LogP contribution in [0.1, 0.15) is 13.3 Å². The fourth-order valence-corrected chi connectivity index (χ4v) is 1.04. The molecule has 0 aliphatic rings. The Bertz CT molecular complexity index is 144. The average molecular weight is 164 g/mol. The van der Waals surface area contributed by atoms with Gasteiger partial charge in [0.25, 0.3) is 0 Å². The second kappa shape index (κ2) is 4.57. The van der Waals surface area contributed by atoms with Crippen molar-refractivity contribution in [1.29, 1.82) is 0 Å². The quantitative estimate of drug-likeness (QED) is 0.621. The van der Waals surface area contributed by atoms with Gasteiger partial charge >= 0.3 is 0 Å². The molecule has 1 N–H and O–H groups in total. The van der Waals surface area contributed by atoms with Gasteiger partial charge in [-0.15, -0.1) is 0 Å². The van der Waals surface area contributed by atoms with Gasteiger partial charge in [0.2, 0.25) is 0 Å². The second-order valence-corrected chi connectivity index (χ2v) is 3.75. The van der Waals surface area contributed by atoms with E-state index in [0.29, 0.717) is 12.2 Å². The first-order valence-corrected chi connectivity index (χ1v) is 4.75. The number of Topliss-reactive ketones (excluding diaryl/α,β-unsaturated/α-hetero) is 1. The molecule has 3 nitrogen and oxygen atoms in total. The topological polar surface area (TPSA) is 54.4 Å². The molecular weight excluding hydrogens is 152 g/mol. The highest BCUT2D eigenvalue weighted by molar-refractivity contribution is 7.84. The van der Waals surface area contributed by atoms with Crippen LogP contribution in [0.15, 0.2) is 0 Å². The third-order valence-corrected chi connectivity index (χ3v) is 1.96. The molecule has 2 atom stereocenters. The molecule has 0 amide bonds. The SMILES string of the molecule is CC(=O)C(O)CCS(C)=O. The lowest BCUT2D eigenvalue weighted by molar-refractivity contribution is -0.124. The molecule has 0 aliphatic carbocycles. The van der Waals surface area contributed by atoms with E-state index in [1.807, 2.05) is 0 Å². The first-order chi connectivity index (χ1) is 4.54. The molecule has 0 bridgehead atoms. The summed E-state index contributed by atoms with van der Waals surface area (Å²) in [5.41, 5.74) is 0. The molecular formula is C6H12O3S. The predicted molar refractivity (Wildman–Crippen MR) is 40.2 cm³/mol. The standard InChI is InChI=1S/C6H12O3S/c1-5(7)6(8)3-4-10(2)9/h6,8H,3-4H2,1-2H3. The molecule has 0 aromatic heterocycles. The van der Waals surface area contributed by atoms with E-state index in [-0.39, 0.29) is 5.78 Å². The maximum absolute atomic E-state index is 10.5. The van der Waals surface area contributed by atoms with Gasteiger partial charge in [0.05, 0.1) is 0 Å². The molecule has 0 aliphatic heterocycles. The number of carbonyl (C=O) groups excluding carboxylic acids is 1. The number of aliphatic hydroxyl groups is 1. The lowest BCUT2D eigenvalue weighted by atomic mass is 10.2. The van der Waals surface area contributed by atoms with Gasteiger partial charge in [0.15, 0.2) is 5.78 Å². The molecule has 0 saturated carbocycles. The zero-order chi connectivity index (χ0) is 8.15. The van der Waals surface area contributed by atoms with Crippen LogP contribution in [0.25, 0.3) is 0 Å². The third kappa shape index (κ3) is 4.64. The smallest absolute Gasteiger partial charge is 0.158 e. The van der Waals surface area contributed by atoms with E-state index in [4.69, 9.17) is 5.11 Å². The Hall–Kier alpha value is -0.220. The molecule has 0 saturated heterocycles. The Labute approximate surface area is 62.9 Å². The molecule has 0 aromatic rings. The summed E-state index contributed by atoms with van der Waals surface area (Å²) >= 11 is 0. The summed E-state index contributed by atoms with van der Waals surface area (Å²) in [7, 11) is -0.915. The van der Waals surface area contributed by atoms with Crippen molar-refractivity contribution in [2.75, 3.05) is 12.0 Å². The molecule has 2 unspecified atom stereocenters. The van der Waals surface area contributed by atoms with Gasteiger partial charge in [-0.2, -0.15) is 0 Å². The lowest BCUT2D eigenvalue weighted by Gasteiger charge is -2.02. The summed E-state index contributed by atoms with van der Waals surface area (Å²) in [6.45, 7) is 1.32. The zero-order valence-corrected chi connectivity index (χ0v) is 6.98. The minimum Gasteiger partial charge on any atom is -0.385 e. The minimum atomic E-state index is -0.927. The van der Waals surface area contributed by atoms with Crippen LogP contribution in [0.3, 0.4) is 0 Å². The number of carbonyl (C=O) groups is 1. The highest BCUT2D eigenvalue weighted by Gasteiger charge is 2.09. The molecule has 0 heterocycles. The molecule has 0 aromatic carbocycles. The van der Waals surface area contributed by atoms with Gasteiger partial charge < -0.3 is 5.11 Å². The van der Waals surface area contributed by atoms with Gasteiger partial charge in [-0.05, 0) is 13.3 Å². The minimum absolute atomic E-state index is 0.259. The van der Waals surface area contributed by atoms with Gasteiger partial charge in [-0.25, -0.2) is 0 Å². The van der Waals surface area contributed by atoms with Crippen LogP contribution in [-0.2, 0) is 15.6 Å². The van der Waals surface area contributed by atoms with Crippen molar-refractivity contribution >= 4 is 16.6 Å². The first-order valence-electron chi connectivity index (χ1n) is 3.02. The maximum Gasteiger partial charge on any atom is 0.158 e. The van der Waals surface area contributed by atoms with E-state index in [9.17, 15) is 9.00 Å². The second-order valence-electron chi connectivity index (χ2n) is 2.19. The maximum atomic E-state index is 10.5. The van der Waals surface area contributed by atoms with Gasteiger partial charge in [0, 0.05) is 22.8 Å². The summed E-state index contributed by atoms with van der Waals surface area (Å²) in [5.74, 6) is 0.131. The predicted octanol–water partition coefficient (Wildman–Crippen LogP) is -0.295. The fraction of sp³-hybridized carbons (Fsp3) is 0.833. The van der Waals surface area contributed by atoms with Crippen LogP contribution in [0.5, 0.6) is 0 Å². The molecule has 0 spiro atoms. The van der Waals surface area contributed by atoms with E-state index in [1.54, 1.807) is 6.26 Å². The highest BCUT2D eigenvalue weighted by atomic mass is 32.2. The van der Waals surface area contributed by atoms with Crippen LogP contribution in [0, 0.1) is 0 Å². The molecule has 0 radical (unpaired) electrons. The summed E-state index contributed by atoms with van der Waals surface area (Å²) in [5, 5.41) is 8.89. The van der Waals surface area contributed by atoms with Crippen LogP contribution in [0.2, 0.25) is 0 Å². The lowest BCUT2D eigenvalue weighted by Crippen LogP contribution is -2.19. The molecule has 0 fully saturated rings. The monoisotopic (exact) mass is 164 g/mol. The van der Waals surface area contributed by atoms with Crippen LogP contribution < -0.4 is 0 Å². The number of hydrogen-bond donors (Lipinski definition) is 1. The van der Waals surface area contributed by atoms with Crippen molar-refractivity contribution in [3.8, 4) is 0 Å². The summed E-state index contributed by atoms with van der Waals surface area (Å²) < 4.78 is 10.5. The fourth-order valence-electron chi connectivity index (χ4n) is 0.481. The van der Waals surface area contributed by atoms with Gasteiger partial charge in [0.1, 0.15) is 6.10 Å². The Kier molecular flexibility index (Phi) is 4.47. The van der Waals surface area contributed by atoms with Crippen molar-refractivity contribution in [3.63, 3.8) is 0 Å². The molecule has 10 heavy (non-hydrogen) atoms. The molecule has 0 rings (SSSR count). The molecule has 4 heteroatoms. The van der Waals surface area contributed by atoms with E-state index in [0.717, 1.165) is 0 Å². The Morgan fingerprint density at radius 2 is 2.20 bits per heavy atom. The van der Waals surface area contributed by atoms with E-state index < -0.39 is 16.9 Å². The van der Waals surface area contributed by atoms with Crippen LogP contribution >= 0.6 is 0 Å². The number of ketones is 1. The Balaban J connectivity index is 3.49. The summed E-state index contributed by atoms with van der Waals surface area (Å²) in [6, 6.07) is 0. The van der Waals surface area contributed by atoms with E-state index >= 15 is 0 Å². The summed E-state index contributed by atoms with van der Waals surface area (Å²) in [6.07, 6.45) is 0.926. The largest absolute Gasteiger partial charge is 0.385 e. The average Bonchev–Trinajstić information content (AvgIpc) is 1.82. The molecule has 60 valence electrons. The van der Waals surface area contributed by atoms with Crippen molar-refractivity contribution in [3.05, 3.63) is 0 Å². The van der Waals surface area contributed by atoms with Crippen LogP contribution in [0.4, 0.5) is 0 Å². The number of hydrogen-bond acceptors (Lipinski definition) is 3. The van der Waals surface area contributed by atoms with Crippen molar-refractivity contribution < 1.29 is 14.1 Å². The highest BCUT2D eigenvalue weighted by Crippen LogP contribution is 1.93. The number of rotatable bonds is 4. The first kappa shape index (κ1) is 9.78. The Morgan fingerprint density at radius 1 is 1.70 bits per heavy atom. The van der Waals surface area contributed by atoms with Crippen molar-refractivity contribution in [1.82, 2.24) is 0 Å².